The molecule has 4 aliphatic rings. The van der Waals surface area contributed by atoms with Gasteiger partial charge in [-0.15, -0.1) is 0 Å². The van der Waals surface area contributed by atoms with Crippen LogP contribution in [0.1, 0.15) is 47.4 Å². The zero-order valence-corrected chi connectivity index (χ0v) is 21.4. The fourth-order valence-corrected chi connectivity index (χ4v) is 6.10. The smallest absolute Gasteiger partial charge is 0.408 e. The van der Waals surface area contributed by atoms with Crippen LogP contribution >= 0.6 is 0 Å². The van der Waals surface area contributed by atoms with Gasteiger partial charge < -0.3 is 24.2 Å². The van der Waals surface area contributed by atoms with Crippen molar-refractivity contribution in [2.45, 2.75) is 37.8 Å². The Morgan fingerprint density at radius 2 is 1.66 bits per heavy atom. The van der Waals surface area contributed by atoms with E-state index in [9.17, 15) is 9.90 Å². The minimum absolute atomic E-state index is 0.0314. The van der Waals surface area contributed by atoms with Gasteiger partial charge in [0.15, 0.2) is 6.29 Å². The van der Waals surface area contributed by atoms with Gasteiger partial charge in [-0.3, -0.25) is 4.90 Å². The van der Waals surface area contributed by atoms with Crippen LogP contribution in [-0.4, -0.2) is 59.9 Å². The first kappa shape index (κ1) is 24.9. The molecule has 7 rings (SSSR count). The van der Waals surface area contributed by atoms with E-state index < -0.39 is 12.1 Å². The molecule has 0 saturated carbocycles. The number of hydrogen-bond donors (Lipinski definition) is 1. The number of benzene rings is 3. The number of carbonyl (C=O) groups is 1. The van der Waals surface area contributed by atoms with E-state index in [1.54, 1.807) is 4.90 Å². The van der Waals surface area contributed by atoms with Gasteiger partial charge in [0.1, 0.15) is 12.4 Å². The molecule has 0 unspecified atom stereocenters. The number of nitrogens with zero attached hydrogens (tertiary/aromatic N) is 2. The number of carboxylic acid groups (broad SMARTS) is 1. The van der Waals surface area contributed by atoms with Crippen LogP contribution in [-0.2, 0) is 16.1 Å². The van der Waals surface area contributed by atoms with Gasteiger partial charge in [0.05, 0.1) is 25.3 Å². The first-order valence-electron chi connectivity index (χ1n) is 13.5. The Morgan fingerprint density at radius 3 is 2.32 bits per heavy atom. The minimum atomic E-state index is -0.876. The van der Waals surface area contributed by atoms with Gasteiger partial charge in [0, 0.05) is 12.1 Å². The molecule has 4 saturated heterocycles. The Balaban J connectivity index is 1.24. The second kappa shape index (κ2) is 11.2. The number of rotatable bonds is 8. The van der Waals surface area contributed by atoms with E-state index >= 15 is 0 Å². The molecule has 0 radical (unpaired) electrons. The second-order valence-corrected chi connectivity index (χ2v) is 10.4. The summed E-state index contributed by atoms with van der Waals surface area (Å²) in [6.07, 6.45) is 0.942. The average Bonchev–Trinajstić information content (AvgIpc) is 3.51. The van der Waals surface area contributed by atoms with E-state index in [1.165, 1.54) is 0 Å². The van der Waals surface area contributed by atoms with Crippen LogP contribution in [0.5, 0.6) is 5.75 Å². The van der Waals surface area contributed by atoms with Crippen molar-refractivity contribution in [3.8, 4) is 5.75 Å². The highest BCUT2D eigenvalue weighted by molar-refractivity contribution is 5.67. The minimum Gasteiger partial charge on any atom is -0.489 e. The third-order valence-electron chi connectivity index (χ3n) is 8.05. The molecule has 198 valence electrons. The predicted octanol–water partition coefficient (Wildman–Crippen LogP) is 5.47. The molecule has 7 heteroatoms. The van der Waals surface area contributed by atoms with Crippen molar-refractivity contribution in [2.75, 3.05) is 32.8 Å². The van der Waals surface area contributed by atoms with Gasteiger partial charge in [-0.05, 0) is 60.7 Å². The maximum Gasteiger partial charge on any atom is 0.408 e. The molecule has 0 aliphatic carbocycles. The molecule has 7 nitrogen and oxygen atoms in total. The predicted molar refractivity (Wildman–Crippen MR) is 143 cm³/mol. The summed E-state index contributed by atoms with van der Waals surface area (Å²) in [7, 11) is 0. The molecular weight excluding hydrogens is 480 g/mol. The molecule has 2 atom stereocenters. The lowest BCUT2D eigenvalue weighted by Crippen LogP contribution is -2.59. The Kier molecular flexibility index (Phi) is 7.31. The molecule has 3 aromatic rings. The van der Waals surface area contributed by atoms with Gasteiger partial charge in [0.2, 0.25) is 0 Å². The van der Waals surface area contributed by atoms with Crippen LogP contribution in [0.4, 0.5) is 4.79 Å². The van der Waals surface area contributed by atoms with Crippen molar-refractivity contribution in [2.24, 2.45) is 5.92 Å². The standard InChI is InChI=1S/C31H34N2O5/c34-31(35)33(28-20-32-15-13-23(28)14-16-32)29(24-5-2-1-3-6-24)26-7-4-8-27(19-26)38-21-22-9-11-25(12-10-22)30-36-17-18-37-30/h1-12,19,23,28-30H,13-18,20-21H2,(H,34,35)/t28-,29-/m0/s1. The highest BCUT2D eigenvalue weighted by Gasteiger charge is 2.43. The van der Waals surface area contributed by atoms with Crippen molar-refractivity contribution in [3.63, 3.8) is 0 Å². The molecule has 1 N–H and O–H groups in total. The van der Waals surface area contributed by atoms with E-state index in [1.807, 2.05) is 78.9 Å². The maximum absolute atomic E-state index is 12.8. The van der Waals surface area contributed by atoms with Crippen LogP contribution in [0.2, 0.25) is 0 Å². The molecule has 1 amide bonds. The summed E-state index contributed by atoms with van der Waals surface area (Å²) in [6.45, 7) is 4.58. The summed E-state index contributed by atoms with van der Waals surface area (Å²) in [6, 6.07) is 25.5. The van der Waals surface area contributed by atoms with Crippen LogP contribution < -0.4 is 4.74 Å². The summed E-state index contributed by atoms with van der Waals surface area (Å²) < 4.78 is 17.3. The largest absolute Gasteiger partial charge is 0.489 e. The molecule has 4 heterocycles. The molecule has 2 bridgehead atoms. The van der Waals surface area contributed by atoms with Crippen molar-refractivity contribution in [1.82, 2.24) is 9.80 Å². The SMILES string of the molecule is O=C(O)N([C@@H](c1ccccc1)c1cccc(OCc2ccc(C3OCCO3)cc2)c1)[C@H]1CN2CCC1CC2. The van der Waals surface area contributed by atoms with Crippen LogP contribution in [0.15, 0.2) is 78.9 Å². The molecule has 3 aromatic carbocycles. The lowest BCUT2D eigenvalue weighted by Gasteiger charge is -2.50. The first-order chi connectivity index (χ1) is 18.7. The van der Waals surface area contributed by atoms with Crippen LogP contribution in [0.25, 0.3) is 0 Å². The third kappa shape index (κ3) is 5.27. The van der Waals surface area contributed by atoms with Crippen LogP contribution in [0, 0.1) is 5.92 Å². The molecule has 0 aromatic heterocycles. The number of amides is 1. The quantitative estimate of drug-likeness (QED) is 0.430. The van der Waals surface area contributed by atoms with E-state index in [0.717, 1.165) is 54.7 Å². The van der Waals surface area contributed by atoms with E-state index in [2.05, 4.69) is 4.90 Å². The van der Waals surface area contributed by atoms with Gasteiger partial charge in [-0.1, -0.05) is 66.7 Å². The number of ether oxygens (including phenoxy) is 3. The van der Waals surface area contributed by atoms with Crippen molar-refractivity contribution in [1.29, 1.82) is 0 Å². The number of piperidine rings is 3. The number of hydrogen-bond acceptors (Lipinski definition) is 5. The molecule has 4 aliphatic heterocycles. The molecule has 4 fully saturated rings. The van der Waals surface area contributed by atoms with Gasteiger partial charge in [0.25, 0.3) is 0 Å². The fourth-order valence-electron chi connectivity index (χ4n) is 6.10. The molecule has 0 spiro atoms. The Bertz CT molecular complexity index is 1220. The Hall–Kier alpha value is -3.39. The van der Waals surface area contributed by atoms with Crippen molar-refractivity contribution >= 4 is 6.09 Å². The van der Waals surface area contributed by atoms with Crippen LogP contribution in [0.3, 0.4) is 0 Å². The fraction of sp³-hybridized carbons (Fsp3) is 0.387. The van der Waals surface area contributed by atoms with E-state index in [-0.39, 0.29) is 12.3 Å². The summed E-state index contributed by atoms with van der Waals surface area (Å²) in [4.78, 5) is 16.9. The Labute approximate surface area is 223 Å². The normalized spacial score (nSPS) is 23.7. The van der Waals surface area contributed by atoms with Gasteiger partial charge in [-0.2, -0.15) is 0 Å². The highest BCUT2D eigenvalue weighted by atomic mass is 16.7. The van der Waals surface area contributed by atoms with E-state index in [4.69, 9.17) is 14.2 Å². The van der Waals surface area contributed by atoms with Gasteiger partial charge >= 0.3 is 6.09 Å². The maximum atomic E-state index is 12.8. The third-order valence-corrected chi connectivity index (χ3v) is 8.05. The zero-order chi connectivity index (χ0) is 25.9. The van der Waals surface area contributed by atoms with Crippen molar-refractivity contribution in [3.05, 3.63) is 101 Å². The Morgan fingerprint density at radius 1 is 0.947 bits per heavy atom. The monoisotopic (exact) mass is 514 g/mol. The summed E-state index contributed by atoms with van der Waals surface area (Å²) in [5.74, 6) is 1.11. The van der Waals surface area contributed by atoms with E-state index in [0.29, 0.717) is 31.5 Å². The molecular formula is C31H34N2O5. The summed E-state index contributed by atoms with van der Waals surface area (Å²) >= 11 is 0. The highest BCUT2D eigenvalue weighted by Crippen LogP contribution is 2.39. The lowest BCUT2D eigenvalue weighted by molar-refractivity contribution is -0.0441. The topological polar surface area (TPSA) is 71.5 Å². The van der Waals surface area contributed by atoms with Crippen molar-refractivity contribution < 1.29 is 24.1 Å². The lowest BCUT2D eigenvalue weighted by atomic mass is 9.81. The molecule has 38 heavy (non-hydrogen) atoms. The number of fused-ring (bicyclic) bond motifs is 3. The summed E-state index contributed by atoms with van der Waals surface area (Å²) in [5, 5.41) is 10.5. The summed E-state index contributed by atoms with van der Waals surface area (Å²) in [5.41, 5.74) is 3.92. The zero-order valence-electron chi connectivity index (χ0n) is 21.4. The first-order valence-corrected chi connectivity index (χ1v) is 13.5. The average molecular weight is 515 g/mol. The second-order valence-electron chi connectivity index (χ2n) is 10.4. The van der Waals surface area contributed by atoms with Gasteiger partial charge in [-0.25, -0.2) is 4.79 Å².